The molecule has 2 N–H and O–H groups in total. The zero-order valence-corrected chi connectivity index (χ0v) is 11.4. The molecule has 92 valence electrons. The maximum absolute atomic E-state index is 10.8. The number of halogens is 2. The number of nitrogens with zero attached hydrogens (tertiary/aromatic N) is 1. The predicted molar refractivity (Wildman–Crippen MR) is 73.6 cm³/mol. The zero-order chi connectivity index (χ0) is 13.1. The summed E-state index contributed by atoms with van der Waals surface area (Å²) in [4.78, 5) is 14.8. The molecule has 1 heterocycles. The Bertz CT molecular complexity index is 604. The number of aromatic nitrogens is 1. The van der Waals surface area contributed by atoms with Crippen molar-refractivity contribution in [3.8, 4) is 0 Å². The van der Waals surface area contributed by atoms with Crippen LogP contribution in [0.4, 0.5) is 11.5 Å². The molecule has 6 heteroatoms. The first-order valence-corrected chi connectivity index (χ1v) is 6.16. The SMILES string of the molecule is O=C(O)c1cccc(Nc2cc(Br)ccc2Cl)n1. The molecular formula is C12H8BrClN2O2. The topological polar surface area (TPSA) is 62.2 Å². The van der Waals surface area contributed by atoms with Gasteiger partial charge in [-0.15, -0.1) is 0 Å². The van der Waals surface area contributed by atoms with Crippen molar-refractivity contribution < 1.29 is 9.90 Å². The average molecular weight is 328 g/mol. The van der Waals surface area contributed by atoms with Crippen LogP contribution in [0.25, 0.3) is 0 Å². The standard InChI is InChI=1S/C12H8BrClN2O2/c13-7-4-5-8(14)10(6-7)16-11-3-1-2-9(15-11)12(17)18/h1-6H,(H,15,16)(H,17,18). The molecule has 0 aliphatic carbocycles. The maximum Gasteiger partial charge on any atom is 0.354 e. The molecule has 1 aromatic heterocycles. The number of benzene rings is 1. The molecule has 0 fully saturated rings. The Morgan fingerprint density at radius 1 is 1.33 bits per heavy atom. The molecule has 0 saturated carbocycles. The van der Waals surface area contributed by atoms with Gasteiger partial charge in [-0.2, -0.15) is 0 Å². The fourth-order valence-electron chi connectivity index (χ4n) is 1.35. The van der Waals surface area contributed by atoms with Crippen LogP contribution in [0.1, 0.15) is 10.5 Å². The van der Waals surface area contributed by atoms with Crippen molar-refractivity contribution in [2.45, 2.75) is 0 Å². The van der Waals surface area contributed by atoms with E-state index in [1.54, 1.807) is 24.3 Å². The molecule has 0 radical (unpaired) electrons. The molecule has 0 saturated heterocycles. The first kappa shape index (κ1) is 12.9. The number of pyridine rings is 1. The maximum atomic E-state index is 10.8. The van der Waals surface area contributed by atoms with E-state index in [0.29, 0.717) is 16.5 Å². The summed E-state index contributed by atoms with van der Waals surface area (Å²) in [7, 11) is 0. The van der Waals surface area contributed by atoms with Gasteiger partial charge in [-0.1, -0.05) is 33.6 Å². The van der Waals surface area contributed by atoms with Gasteiger partial charge in [0.2, 0.25) is 0 Å². The second kappa shape index (κ2) is 5.37. The molecule has 0 aliphatic heterocycles. The third kappa shape index (κ3) is 3.00. The number of nitrogens with one attached hydrogen (secondary N) is 1. The number of anilines is 2. The van der Waals surface area contributed by atoms with Crippen molar-refractivity contribution in [3.05, 3.63) is 51.6 Å². The van der Waals surface area contributed by atoms with Gasteiger partial charge in [0.25, 0.3) is 0 Å². The van der Waals surface area contributed by atoms with Crippen LogP contribution in [0.3, 0.4) is 0 Å². The Kier molecular flexibility index (Phi) is 3.84. The van der Waals surface area contributed by atoms with Gasteiger partial charge in [0.1, 0.15) is 5.82 Å². The second-order valence-electron chi connectivity index (χ2n) is 3.46. The number of rotatable bonds is 3. The summed E-state index contributed by atoms with van der Waals surface area (Å²) in [6.07, 6.45) is 0. The van der Waals surface area contributed by atoms with Crippen LogP contribution in [-0.2, 0) is 0 Å². The number of carboxylic acids is 1. The summed E-state index contributed by atoms with van der Waals surface area (Å²) >= 11 is 9.36. The van der Waals surface area contributed by atoms with Gasteiger partial charge in [-0.05, 0) is 30.3 Å². The van der Waals surface area contributed by atoms with Crippen LogP contribution in [0.15, 0.2) is 40.9 Å². The Morgan fingerprint density at radius 2 is 2.11 bits per heavy atom. The normalized spacial score (nSPS) is 10.1. The average Bonchev–Trinajstić information content (AvgIpc) is 2.34. The zero-order valence-electron chi connectivity index (χ0n) is 9.02. The van der Waals surface area contributed by atoms with Crippen molar-refractivity contribution in [2.24, 2.45) is 0 Å². The van der Waals surface area contributed by atoms with Gasteiger partial charge >= 0.3 is 5.97 Å². The first-order valence-electron chi connectivity index (χ1n) is 4.98. The van der Waals surface area contributed by atoms with E-state index in [1.165, 1.54) is 6.07 Å². The highest BCUT2D eigenvalue weighted by Crippen LogP contribution is 2.27. The molecule has 2 rings (SSSR count). The molecule has 0 amide bonds. The molecule has 0 bridgehead atoms. The van der Waals surface area contributed by atoms with E-state index in [0.717, 1.165) is 4.47 Å². The first-order chi connectivity index (χ1) is 8.56. The molecule has 18 heavy (non-hydrogen) atoms. The van der Waals surface area contributed by atoms with Crippen molar-refractivity contribution in [1.82, 2.24) is 4.98 Å². The molecule has 1 aromatic carbocycles. The van der Waals surface area contributed by atoms with Crippen molar-refractivity contribution in [2.75, 3.05) is 5.32 Å². The third-order valence-corrected chi connectivity index (χ3v) is 2.98. The monoisotopic (exact) mass is 326 g/mol. The van der Waals surface area contributed by atoms with E-state index in [-0.39, 0.29) is 5.69 Å². The smallest absolute Gasteiger partial charge is 0.354 e. The van der Waals surface area contributed by atoms with E-state index in [2.05, 4.69) is 26.2 Å². The highest BCUT2D eigenvalue weighted by molar-refractivity contribution is 9.10. The summed E-state index contributed by atoms with van der Waals surface area (Å²) < 4.78 is 0.865. The minimum atomic E-state index is -1.07. The van der Waals surface area contributed by atoms with Gasteiger partial charge in [-0.3, -0.25) is 0 Å². The molecule has 4 nitrogen and oxygen atoms in total. The number of carbonyl (C=O) groups is 1. The molecule has 0 spiro atoms. The summed E-state index contributed by atoms with van der Waals surface area (Å²) in [6.45, 7) is 0. The fraction of sp³-hybridized carbons (Fsp3) is 0. The van der Waals surface area contributed by atoms with Gasteiger partial charge in [0.15, 0.2) is 5.69 Å². The van der Waals surface area contributed by atoms with Gasteiger partial charge in [-0.25, -0.2) is 9.78 Å². The number of aromatic carboxylic acids is 1. The molecule has 0 aliphatic rings. The quantitative estimate of drug-likeness (QED) is 0.896. The molecular weight excluding hydrogens is 320 g/mol. The molecule has 0 atom stereocenters. The lowest BCUT2D eigenvalue weighted by atomic mass is 10.3. The summed E-state index contributed by atoms with van der Waals surface area (Å²) in [6, 6.07) is 10.0. The van der Waals surface area contributed by atoms with Crippen molar-refractivity contribution in [3.63, 3.8) is 0 Å². The second-order valence-corrected chi connectivity index (χ2v) is 4.79. The van der Waals surface area contributed by atoms with E-state index < -0.39 is 5.97 Å². The lowest BCUT2D eigenvalue weighted by molar-refractivity contribution is 0.0690. The number of hydrogen-bond donors (Lipinski definition) is 2. The Morgan fingerprint density at radius 3 is 2.83 bits per heavy atom. The Balaban J connectivity index is 2.31. The van der Waals surface area contributed by atoms with Crippen molar-refractivity contribution in [1.29, 1.82) is 0 Å². The minimum absolute atomic E-state index is 0.0221. The van der Waals surface area contributed by atoms with Crippen LogP contribution < -0.4 is 5.32 Å². The summed E-state index contributed by atoms with van der Waals surface area (Å²) in [5, 5.41) is 12.4. The Hall–Kier alpha value is -1.59. The van der Waals surface area contributed by atoms with Crippen LogP contribution >= 0.6 is 27.5 Å². The third-order valence-electron chi connectivity index (χ3n) is 2.16. The lowest BCUT2D eigenvalue weighted by Gasteiger charge is -2.08. The van der Waals surface area contributed by atoms with Crippen LogP contribution in [0.2, 0.25) is 5.02 Å². The van der Waals surface area contributed by atoms with Crippen LogP contribution in [-0.4, -0.2) is 16.1 Å². The van der Waals surface area contributed by atoms with E-state index in [1.807, 2.05) is 6.07 Å². The molecule has 2 aromatic rings. The van der Waals surface area contributed by atoms with E-state index >= 15 is 0 Å². The largest absolute Gasteiger partial charge is 0.477 e. The lowest BCUT2D eigenvalue weighted by Crippen LogP contribution is -2.02. The highest BCUT2D eigenvalue weighted by Gasteiger charge is 2.07. The van der Waals surface area contributed by atoms with E-state index in [9.17, 15) is 4.79 Å². The number of carboxylic acid groups (broad SMARTS) is 1. The Labute approximate surface area is 117 Å². The molecule has 0 unspecified atom stereocenters. The summed E-state index contributed by atoms with van der Waals surface area (Å²) in [5.41, 5.74) is 0.632. The van der Waals surface area contributed by atoms with E-state index in [4.69, 9.17) is 16.7 Å². The number of hydrogen-bond acceptors (Lipinski definition) is 3. The minimum Gasteiger partial charge on any atom is -0.477 e. The van der Waals surface area contributed by atoms with Crippen LogP contribution in [0.5, 0.6) is 0 Å². The van der Waals surface area contributed by atoms with Crippen molar-refractivity contribution >= 4 is 45.0 Å². The van der Waals surface area contributed by atoms with Crippen LogP contribution in [0, 0.1) is 0 Å². The fourth-order valence-corrected chi connectivity index (χ4v) is 1.88. The highest BCUT2D eigenvalue weighted by atomic mass is 79.9. The van der Waals surface area contributed by atoms with Gasteiger partial charge in [0.05, 0.1) is 10.7 Å². The van der Waals surface area contributed by atoms with Gasteiger partial charge < -0.3 is 10.4 Å². The predicted octanol–water partition coefficient (Wildman–Crippen LogP) is 3.94. The summed E-state index contributed by atoms with van der Waals surface area (Å²) in [5.74, 6) is -0.645. The van der Waals surface area contributed by atoms with Gasteiger partial charge in [0, 0.05) is 4.47 Å².